The Morgan fingerprint density at radius 3 is 2.72 bits per heavy atom. The average molecular weight is 318 g/mol. The first-order valence-corrected chi connectivity index (χ1v) is 6.02. The number of aromatic nitrogens is 3. The Labute approximate surface area is 111 Å². The van der Waals surface area contributed by atoms with Crippen LogP contribution in [0.4, 0.5) is 8.78 Å². The molecule has 4 nitrogen and oxygen atoms in total. The van der Waals surface area contributed by atoms with Crippen LogP contribution in [0.25, 0.3) is 0 Å². The minimum atomic E-state index is -1.05. The van der Waals surface area contributed by atoms with Crippen LogP contribution in [-0.4, -0.2) is 14.8 Å². The molecule has 0 bridgehead atoms. The van der Waals surface area contributed by atoms with Gasteiger partial charge in [-0.3, -0.25) is 0 Å². The number of rotatable bonds is 3. The average Bonchev–Trinajstić information content (AvgIpc) is 2.66. The van der Waals surface area contributed by atoms with Crippen molar-refractivity contribution in [1.82, 2.24) is 14.8 Å². The molecule has 0 aliphatic rings. The maximum absolute atomic E-state index is 13.5. The van der Waals surface area contributed by atoms with Gasteiger partial charge in [0.1, 0.15) is 0 Å². The van der Waals surface area contributed by atoms with Crippen LogP contribution in [0.2, 0.25) is 0 Å². The van der Waals surface area contributed by atoms with Gasteiger partial charge in [-0.25, -0.2) is 9.07 Å². The van der Waals surface area contributed by atoms with E-state index in [0.29, 0.717) is 4.73 Å². The minimum Gasteiger partial charge on any atom is -0.421 e. The van der Waals surface area contributed by atoms with Gasteiger partial charge >= 0.3 is 6.01 Å². The SMILES string of the molecule is CC(C)n1nc(Br)nc1Oc1cccc(F)c1F. The van der Waals surface area contributed by atoms with Gasteiger partial charge in [0, 0.05) is 0 Å². The van der Waals surface area contributed by atoms with Gasteiger partial charge in [0.15, 0.2) is 11.6 Å². The highest BCUT2D eigenvalue weighted by atomic mass is 79.9. The predicted octanol–water partition coefficient (Wildman–Crippen LogP) is 3.69. The van der Waals surface area contributed by atoms with Crippen LogP contribution in [0.1, 0.15) is 19.9 Å². The first kappa shape index (κ1) is 12.9. The molecule has 0 spiro atoms. The monoisotopic (exact) mass is 317 g/mol. The Morgan fingerprint density at radius 2 is 2.06 bits per heavy atom. The molecule has 1 heterocycles. The Kier molecular flexibility index (Phi) is 3.60. The van der Waals surface area contributed by atoms with Crippen molar-refractivity contribution in [2.45, 2.75) is 19.9 Å². The molecule has 2 rings (SSSR count). The second kappa shape index (κ2) is 5.01. The fraction of sp³-hybridized carbons (Fsp3) is 0.273. The topological polar surface area (TPSA) is 39.9 Å². The zero-order valence-corrected chi connectivity index (χ0v) is 11.3. The third-order valence-corrected chi connectivity index (χ3v) is 2.52. The van der Waals surface area contributed by atoms with E-state index in [-0.39, 0.29) is 17.8 Å². The minimum absolute atomic E-state index is 0.0181. The molecule has 0 amide bonds. The summed E-state index contributed by atoms with van der Waals surface area (Å²) in [5.74, 6) is -2.24. The maximum Gasteiger partial charge on any atom is 0.321 e. The second-order valence-electron chi connectivity index (χ2n) is 3.86. The number of hydrogen-bond donors (Lipinski definition) is 0. The van der Waals surface area contributed by atoms with Crippen molar-refractivity contribution >= 4 is 15.9 Å². The van der Waals surface area contributed by atoms with Crippen LogP contribution in [0.15, 0.2) is 22.9 Å². The summed E-state index contributed by atoms with van der Waals surface area (Å²) in [7, 11) is 0. The molecule has 0 N–H and O–H groups in total. The number of benzene rings is 1. The van der Waals surface area contributed by atoms with Crippen molar-refractivity contribution in [3.63, 3.8) is 0 Å². The normalized spacial score (nSPS) is 11.0. The predicted molar refractivity (Wildman–Crippen MR) is 64.5 cm³/mol. The molecule has 0 unspecified atom stereocenters. The van der Waals surface area contributed by atoms with Gasteiger partial charge in [-0.2, -0.15) is 9.37 Å². The Balaban J connectivity index is 2.37. The molecule has 0 fully saturated rings. The lowest BCUT2D eigenvalue weighted by molar-refractivity contribution is 0.352. The van der Waals surface area contributed by atoms with Crippen molar-refractivity contribution in [1.29, 1.82) is 0 Å². The van der Waals surface area contributed by atoms with Crippen LogP contribution in [0.5, 0.6) is 11.8 Å². The van der Waals surface area contributed by atoms with Gasteiger partial charge in [0.05, 0.1) is 6.04 Å². The zero-order chi connectivity index (χ0) is 13.3. The lowest BCUT2D eigenvalue weighted by Crippen LogP contribution is -2.06. The Hall–Kier alpha value is -1.50. The molecule has 1 aromatic carbocycles. The van der Waals surface area contributed by atoms with Gasteiger partial charge in [0.2, 0.25) is 10.6 Å². The molecule has 1 aromatic heterocycles. The highest BCUT2D eigenvalue weighted by Crippen LogP contribution is 2.27. The summed E-state index contributed by atoms with van der Waals surface area (Å²) in [6, 6.07) is 3.78. The summed E-state index contributed by atoms with van der Waals surface area (Å²) in [5.41, 5.74) is 0. The molecule has 0 aliphatic heterocycles. The van der Waals surface area contributed by atoms with Crippen LogP contribution in [0.3, 0.4) is 0 Å². The highest BCUT2D eigenvalue weighted by molar-refractivity contribution is 9.10. The van der Waals surface area contributed by atoms with Crippen LogP contribution < -0.4 is 4.74 Å². The molecule has 96 valence electrons. The van der Waals surface area contributed by atoms with Crippen molar-refractivity contribution in [3.05, 3.63) is 34.6 Å². The summed E-state index contributed by atoms with van der Waals surface area (Å²) in [6.45, 7) is 3.74. The summed E-state index contributed by atoms with van der Waals surface area (Å²) < 4.78 is 33.5. The fourth-order valence-electron chi connectivity index (χ4n) is 1.35. The Morgan fingerprint density at radius 1 is 1.33 bits per heavy atom. The summed E-state index contributed by atoms with van der Waals surface area (Å²) in [5, 5.41) is 4.04. The van der Waals surface area contributed by atoms with E-state index in [2.05, 4.69) is 26.0 Å². The quantitative estimate of drug-likeness (QED) is 0.866. The smallest absolute Gasteiger partial charge is 0.321 e. The van der Waals surface area contributed by atoms with Gasteiger partial charge < -0.3 is 4.74 Å². The largest absolute Gasteiger partial charge is 0.421 e. The van der Waals surface area contributed by atoms with Crippen LogP contribution >= 0.6 is 15.9 Å². The van der Waals surface area contributed by atoms with E-state index in [4.69, 9.17) is 4.74 Å². The van der Waals surface area contributed by atoms with Crippen LogP contribution in [-0.2, 0) is 0 Å². The summed E-state index contributed by atoms with van der Waals surface area (Å²) in [4.78, 5) is 3.96. The van der Waals surface area contributed by atoms with Crippen molar-refractivity contribution in [3.8, 4) is 11.8 Å². The Bertz CT molecular complexity index is 571. The first-order valence-electron chi connectivity index (χ1n) is 5.23. The number of nitrogens with zero attached hydrogens (tertiary/aromatic N) is 3. The molecular formula is C11H10BrF2N3O. The number of ether oxygens (including phenoxy) is 1. The van der Waals surface area contributed by atoms with Crippen LogP contribution in [0, 0.1) is 11.6 Å². The van der Waals surface area contributed by atoms with Crippen molar-refractivity contribution in [2.24, 2.45) is 0 Å². The van der Waals surface area contributed by atoms with Crippen molar-refractivity contribution < 1.29 is 13.5 Å². The van der Waals surface area contributed by atoms with Gasteiger partial charge in [-0.05, 0) is 41.9 Å². The summed E-state index contributed by atoms with van der Waals surface area (Å²) >= 11 is 3.11. The first-order chi connectivity index (χ1) is 8.49. The van der Waals surface area contributed by atoms with E-state index >= 15 is 0 Å². The van der Waals surface area contributed by atoms with E-state index < -0.39 is 11.6 Å². The molecule has 7 heteroatoms. The standard InChI is InChI=1S/C11H10BrF2N3O/c1-6(2)17-11(15-10(12)16-17)18-8-5-3-4-7(13)9(8)14/h3-6H,1-2H3. The zero-order valence-electron chi connectivity index (χ0n) is 9.69. The lowest BCUT2D eigenvalue weighted by Gasteiger charge is -2.10. The molecule has 2 aromatic rings. The molecule has 0 radical (unpaired) electrons. The highest BCUT2D eigenvalue weighted by Gasteiger charge is 2.16. The fourth-order valence-corrected chi connectivity index (χ4v) is 1.67. The number of halogens is 3. The van der Waals surface area contributed by atoms with E-state index in [1.807, 2.05) is 13.8 Å². The molecule has 18 heavy (non-hydrogen) atoms. The van der Waals surface area contributed by atoms with Gasteiger partial charge in [-0.15, -0.1) is 5.10 Å². The third kappa shape index (κ3) is 2.50. The second-order valence-corrected chi connectivity index (χ2v) is 4.57. The summed E-state index contributed by atoms with van der Waals surface area (Å²) in [6.07, 6.45) is 0. The van der Waals surface area contributed by atoms with Gasteiger partial charge in [-0.1, -0.05) is 6.07 Å². The lowest BCUT2D eigenvalue weighted by atomic mass is 10.3. The maximum atomic E-state index is 13.5. The molecule has 0 atom stereocenters. The molecule has 0 aliphatic carbocycles. The molecular weight excluding hydrogens is 308 g/mol. The van der Waals surface area contributed by atoms with Crippen molar-refractivity contribution in [2.75, 3.05) is 0 Å². The van der Waals surface area contributed by atoms with E-state index in [0.717, 1.165) is 6.07 Å². The molecule has 0 saturated heterocycles. The van der Waals surface area contributed by atoms with Gasteiger partial charge in [0.25, 0.3) is 0 Å². The number of hydrogen-bond acceptors (Lipinski definition) is 3. The molecule has 0 saturated carbocycles. The van der Waals surface area contributed by atoms with E-state index in [9.17, 15) is 8.78 Å². The van der Waals surface area contributed by atoms with E-state index in [1.54, 1.807) is 0 Å². The third-order valence-electron chi connectivity index (χ3n) is 2.18. The van der Waals surface area contributed by atoms with E-state index in [1.165, 1.54) is 16.8 Å².